The Morgan fingerprint density at radius 3 is 3.10 bits per heavy atom. The number of fused-ring (bicyclic) bond motifs is 2. The van der Waals surface area contributed by atoms with E-state index in [2.05, 4.69) is 52.9 Å². The highest BCUT2D eigenvalue weighted by Crippen LogP contribution is 2.37. The molecule has 2 unspecified atom stereocenters. The summed E-state index contributed by atoms with van der Waals surface area (Å²) in [5.41, 5.74) is 4.38. The maximum atomic E-state index is 3.54. The Morgan fingerprint density at radius 1 is 1.25 bits per heavy atom. The summed E-state index contributed by atoms with van der Waals surface area (Å²) < 4.78 is 0. The van der Waals surface area contributed by atoms with Crippen LogP contribution in [0, 0.1) is 0 Å². The molecule has 0 fully saturated rings. The third-order valence-electron chi connectivity index (χ3n) is 4.80. The molecule has 0 saturated heterocycles. The largest absolute Gasteiger partial charge is 0.384 e. The van der Waals surface area contributed by atoms with Gasteiger partial charge in [0.05, 0.1) is 0 Å². The smallest absolute Gasteiger partial charge is 0.0376 e. The maximum Gasteiger partial charge on any atom is 0.0376 e. The normalized spacial score (nSPS) is 25.1. The second kappa shape index (κ2) is 4.90. The molecular weight excluding hydrogens is 264 g/mol. The van der Waals surface area contributed by atoms with Crippen LogP contribution in [0.25, 0.3) is 0 Å². The summed E-state index contributed by atoms with van der Waals surface area (Å²) in [5.74, 6) is 0.633. The lowest BCUT2D eigenvalue weighted by Gasteiger charge is -2.35. The topological polar surface area (TPSA) is 15.3 Å². The summed E-state index contributed by atoms with van der Waals surface area (Å²) in [5, 5.41) is 5.79. The Labute approximate surface area is 124 Å². The number of rotatable bonds is 2. The first-order valence-corrected chi connectivity index (χ1v) is 8.34. The standard InChI is InChI=1S/C17H20N2S/c1-12-14-7-9-20-17(14)6-8-19(12)11-13-10-18-16-5-3-2-4-15(13)16/h2-5,7,9,12-13,18H,6,8,10-11H2,1H3. The molecule has 1 aromatic carbocycles. The molecular formula is C17H20N2S. The number of anilines is 1. The molecule has 104 valence electrons. The zero-order valence-corrected chi connectivity index (χ0v) is 12.6. The van der Waals surface area contributed by atoms with Crippen LogP contribution in [0.4, 0.5) is 5.69 Å². The van der Waals surface area contributed by atoms with E-state index in [4.69, 9.17) is 0 Å². The Bertz CT molecular complexity index is 619. The van der Waals surface area contributed by atoms with Gasteiger partial charge < -0.3 is 5.32 Å². The molecule has 0 bridgehead atoms. The van der Waals surface area contributed by atoms with E-state index >= 15 is 0 Å². The van der Waals surface area contributed by atoms with Crippen LogP contribution >= 0.6 is 11.3 Å². The van der Waals surface area contributed by atoms with E-state index in [1.54, 1.807) is 10.4 Å². The number of nitrogens with one attached hydrogen (secondary N) is 1. The van der Waals surface area contributed by atoms with Crippen molar-refractivity contribution in [1.82, 2.24) is 4.90 Å². The molecule has 3 heterocycles. The van der Waals surface area contributed by atoms with Gasteiger partial charge >= 0.3 is 0 Å². The van der Waals surface area contributed by atoms with E-state index in [1.807, 2.05) is 11.3 Å². The van der Waals surface area contributed by atoms with E-state index in [9.17, 15) is 0 Å². The summed E-state index contributed by atoms with van der Waals surface area (Å²) in [6.07, 6.45) is 1.22. The van der Waals surface area contributed by atoms with Gasteiger partial charge in [-0.05, 0) is 42.0 Å². The Balaban J connectivity index is 1.54. The number of hydrogen-bond donors (Lipinski definition) is 1. The van der Waals surface area contributed by atoms with Crippen molar-refractivity contribution in [2.24, 2.45) is 0 Å². The molecule has 2 nitrogen and oxygen atoms in total. The van der Waals surface area contributed by atoms with Crippen molar-refractivity contribution >= 4 is 17.0 Å². The average molecular weight is 284 g/mol. The van der Waals surface area contributed by atoms with E-state index in [1.165, 1.54) is 30.8 Å². The van der Waals surface area contributed by atoms with Crippen LogP contribution in [0.15, 0.2) is 35.7 Å². The fourth-order valence-corrected chi connectivity index (χ4v) is 4.58. The van der Waals surface area contributed by atoms with Crippen molar-refractivity contribution in [3.8, 4) is 0 Å². The molecule has 1 N–H and O–H groups in total. The number of thiophene rings is 1. The van der Waals surface area contributed by atoms with Crippen molar-refractivity contribution in [2.75, 3.05) is 25.0 Å². The van der Waals surface area contributed by atoms with E-state index in [0.29, 0.717) is 12.0 Å². The second-order valence-corrected chi connectivity index (χ2v) is 6.89. The first kappa shape index (κ1) is 12.4. The van der Waals surface area contributed by atoms with Crippen LogP contribution in [0.2, 0.25) is 0 Å². The van der Waals surface area contributed by atoms with E-state index in [-0.39, 0.29) is 0 Å². The fourth-order valence-electron chi connectivity index (χ4n) is 3.61. The molecule has 2 aromatic rings. The second-order valence-electron chi connectivity index (χ2n) is 5.89. The first-order chi connectivity index (χ1) is 9.83. The lowest BCUT2D eigenvalue weighted by atomic mass is 9.96. The molecule has 0 radical (unpaired) electrons. The van der Waals surface area contributed by atoms with Gasteiger partial charge in [0.15, 0.2) is 0 Å². The fraction of sp³-hybridized carbons (Fsp3) is 0.412. The van der Waals surface area contributed by atoms with Crippen molar-refractivity contribution in [3.05, 3.63) is 51.7 Å². The zero-order chi connectivity index (χ0) is 13.5. The summed E-state index contributed by atoms with van der Waals surface area (Å²) in [6, 6.07) is 11.6. The lowest BCUT2D eigenvalue weighted by Crippen LogP contribution is -2.36. The van der Waals surface area contributed by atoms with Crippen molar-refractivity contribution in [3.63, 3.8) is 0 Å². The van der Waals surface area contributed by atoms with Gasteiger partial charge in [0.1, 0.15) is 0 Å². The Hall–Kier alpha value is -1.32. The van der Waals surface area contributed by atoms with Crippen LogP contribution in [0.1, 0.15) is 34.9 Å². The van der Waals surface area contributed by atoms with Gasteiger partial charge in [-0.2, -0.15) is 0 Å². The monoisotopic (exact) mass is 284 g/mol. The quantitative estimate of drug-likeness (QED) is 0.900. The highest BCUT2D eigenvalue weighted by Gasteiger charge is 2.29. The third-order valence-corrected chi connectivity index (χ3v) is 5.79. The molecule has 0 aliphatic carbocycles. The SMILES string of the molecule is CC1c2ccsc2CCN1CC1CNc2ccccc21. The third kappa shape index (κ3) is 1.97. The Kier molecular flexibility index (Phi) is 3.04. The highest BCUT2D eigenvalue weighted by atomic mass is 32.1. The predicted molar refractivity (Wildman–Crippen MR) is 85.7 cm³/mol. The number of hydrogen-bond acceptors (Lipinski definition) is 3. The van der Waals surface area contributed by atoms with Gasteiger partial charge in [-0.15, -0.1) is 11.3 Å². The summed E-state index contributed by atoms with van der Waals surface area (Å²) in [4.78, 5) is 4.25. The van der Waals surface area contributed by atoms with Gasteiger partial charge in [0.25, 0.3) is 0 Å². The summed E-state index contributed by atoms with van der Waals surface area (Å²) in [6.45, 7) is 5.81. The minimum atomic E-state index is 0.567. The molecule has 20 heavy (non-hydrogen) atoms. The minimum absolute atomic E-state index is 0.567. The van der Waals surface area contributed by atoms with Crippen LogP contribution in [0.3, 0.4) is 0 Å². The molecule has 4 rings (SSSR count). The zero-order valence-electron chi connectivity index (χ0n) is 11.8. The molecule has 2 aliphatic rings. The molecule has 1 aromatic heterocycles. The summed E-state index contributed by atoms with van der Waals surface area (Å²) in [7, 11) is 0. The maximum absolute atomic E-state index is 3.54. The number of nitrogens with zero attached hydrogens (tertiary/aromatic N) is 1. The van der Waals surface area contributed by atoms with Crippen LogP contribution in [0.5, 0.6) is 0 Å². The molecule has 2 atom stereocenters. The number of para-hydroxylation sites is 1. The molecule has 0 amide bonds. The van der Waals surface area contributed by atoms with Gasteiger partial charge in [-0.25, -0.2) is 0 Å². The predicted octanol–water partition coefficient (Wildman–Crippen LogP) is 3.88. The van der Waals surface area contributed by atoms with Gasteiger partial charge in [-0.1, -0.05) is 18.2 Å². The summed E-state index contributed by atoms with van der Waals surface area (Å²) >= 11 is 1.92. The average Bonchev–Trinajstić information content (AvgIpc) is 3.10. The van der Waals surface area contributed by atoms with Crippen molar-refractivity contribution in [2.45, 2.75) is 25.3 Å². The van der Waals surface area contributed by atoms with Gasteiger partial charge in [0, 0.05) is 42.2 Å². The molecule has 3 heteroatoms. The molecule has 0 saturated carbocycles. The van der Waals surface area contributed by atoms with Crippen molar-refractivity contribution < 1.29 is 0 Å². The molecule has 0 spiro atoms. The van der Waals surface area contributed by atoms with Crippen molar-refractivity contribution in [1.29, 1.82) is 0 Å². The minimum Gasteiger partial charge on any atom is -0.384 e. The first-order valence-electron chi connectivity index (χ1n) is 7.46. The van der Waals surface area contributed by atoms with Gasteiger partial charge in [0.2, 0.25) is 0 Å². The highest BCUT2D eigenvalue weighted by molar-refractivity contribution is 7.10. The lowest BCUT2D eigenvalue weighted by molar-refractivity contribution is 0.191. The van der Waals surface area contributed by atoms with Crippen LogP contribution in [-0.4, -0.2) is 24.5 Å². The number of benzene rings is 1. The molecule has 2 aliphatic heterocycles. The van der Waals surface area contributed by atoms with E-state index in [0.717, 1.165) is 6.54 Å². The van der Waals surface area contributed by atoms with Crippen LogP contribution < -0.4 is 5.32 Å². The van der Waals surface area contributed by atoms with E-state index < -0.39 is 0 Å². The van der Waals surface area contributed by atoms with Gasteiger partial charge in [-0.3, -0.25) is 4.90 Å². The Morgan fingerprint density at radius 2 is 2.15 bits per heavy atom. The van der Waals surface area contributed by atoms with Crippen LogP contribution in [-0.2, 0) is 6.42 Å².